The van der Waals surface area contributed by atoms with Crippen molar-refractivity contribution >= 4 is 45.0 Å². The summed E-state index contributed by atoms with van der Waals surface area (Å²) >= 11 is 0. The van der Waals surface area contributed by atoms with E-state index in [1.807, 2.05) is 41.0 Å². The second-order valence-corrected chi connectivity index (χ2v) is 24.9. The van der Waals surface area contributed by atoms with Crippen LogP contribution in [-0.2, 0) is 13.6 Å². The zero-order valence-electron chi connectivity index (χ0n) is 29.2. The third-order valence-corrected chi connectivity index (χ3v) is 19.1. The minimum atomic E-state index is -2.12. The lowest BCUT2D eigenvalue weighted by Gasteiger charge is -2.40. The van der Waals surface area contributed by atoms with Crippen molar-refractivity contribution in [3.8, 4) is 11.1 Å². The molecule has 1 aliphatic heterocycles. The molecule has 47 heavy (non-hydrogen) atoms. The second-order valence-electron chi connectivity index (χ2n) is 15.4. The fraction of sp³-hybridized carbons (Fsp3) is 0.500. The molecule has 11 nitrogen and oxygen atoms in total. The van der Waals surface area contributed by atoms with Gasteiger partial charge in [0.25, 0.3) is 5.69 Å². The molecular weight excluding hydrogens is 629 g/mol. The molecule has 2 aromatic carbocycles. The van der Waals surface area contributed by atoms with Crippen molar-refractivity contribution in [2.75, 3.05) is 11.9 Å². The molecule has 0 amide bonds. The number of ether oxygens (including phenoxy) is 1. The lowest BCUT2D eigenvalue weighted by molar-refractivity contribution is -0.383. The molecule has 252 valence electrons. The Kier molecular flexibility index (Phi) is 9.52. The summed E-state index contributed by atoms with van der Waals surface area (Å²) in [4.78, 5) is 25.3. The fourth-order valence-electron chi connectivity index (χ4n) is 5.09. The molecule has 0 aliphatic carbocycles. The molecule has 3 heterocycles. The molecule has 1 aliphatic rings. The van der Waals surface area contributed by atoms with Gasteiger partial charge in [-0.05, 0) is 53.5 Å². The van der Waals surface area contributed by atoms with Crippen LogP contribution >= 0.6 is 0 Å². The molecule has 3 atom stereocenters. The number of nitro groups is 1. The van der Waals surface area contributed by atoms with Gasteiger partial charge in [-0.1, -0.05) is 77.9 Å². The molecule has 0 bridgehead atoms. The van der Waals surface area contributed by atoms with Gasteiger partial charge in [-0.3, -0.25) is 14.7 Å². The van der Waals surface area contributed by atoms with E-state index in [2.05, 4.69) is 88.0 Å². The second kappa shape index (κ2) is 12.8. The van der Waals surface area contributed by atoms with Crippen LogP contribution in [0.15, 0.2) is 61.2 Å². The first-order chi connectivity index (χ1) is 21.9. The summed E-state index contributed by atoms with van der Waals surface area (Å²) in [7, 11) is -4.15. The van der Waals surface area contributed by atoms with Crippen molar-refractivity contribution in [2.24, 2.45) is 0 Å². The number of hydrogen-bond acceptors (Lipinski definition) is 9. The Labute approximate surface area is 279 Å². The van der Waals surface area contributed by atoms with Gasteiger partial charge in [-0.2, -0.15) is 0 Å². The normalized spacial score (nSPS) is 19.3. The molecule has 1 fully saturated rings. The molecule has 13 heteroatoms. The standard InChI is InChI=1S/C34H48N6O5Si2/c1-33(2,3)46(7,8)43-20-28-27(45-47(9,10)34(4,5)6)19-29(44-28)39-22-37-30-31(35-21-36-32(30)39)38-25-17-16-24(18-26(25)40(41)42)23-14-12-11-13-15-23/h11-18,21-22,27-29H,19-20H2,1-10H3,(H,35,36,38)/t27-,28+,29+/m0/s1. The minimum absolute atomic E-state index is 0.0351. The Morgan fingerprint density at radius 1 is 0.957 bits per heavy atom. The molecule has 0 saturated carbocycles. The van der Waals surface area contributed by atoms with Gasteiger partial charge in [0.2, 0.25) is 0 Å². The summed E-state index contributed by atoms with van der Waals surface area (Å²) in [5, 5.41) is 15.4. The minimum Gasteiger partial charge on any atom is -0.414 e. The van der Waals surface area contributed by atoms with E-state index in [0.29, 0.717) is 35.7 Å². The first-order valence-electron chi connectivity index (χ1n) is 16.1. The maximum absolute atomic E-state index is 12.1. The van der Waals surface area contributed by atoms with Gasteiger partial charge >= 0.3 is 0 Å². The summed E-state index contributed by atoms with van der Waals surface area (Å²) in [5.74, 6) is 0.370. The Hall–Kier alpha value is -3.50. The van der Waals surface area contributed by atoms with Crippen LogP contribution in [0.5, 0.6) is 0 Å². The van der Waals surface area contributed by atoms with Crippen LogP contribution in [0, 0.1) is 10.1 Å². The first-order valence-corrected chi connectivity index (χ1v) is 22.0. The van der Waals surface area contributed by atoms with E-state index >= 15 is 0 Å². The van der Waals surface area contributed by atoms with Crippen molar-refractivity contribution in [1.82, 2.24) is 19.5 Å². The topological polar surface area (TPSA) is 126 Å². The molecule has 1 saturated heterocycles. The molecule has 1 N–H and O–H groups in total. The van der Waals surface area contributed by atoms with Crippen LogP contribution in [0.3, 0.4) is 0 Å². The Balaban J connectivity index is 1.43. The van der Waals surface area contributed by atoms with Crippen LogP contribution < -0.4 is 5.32 Å². The SMILES string of the molecule is CC(C)(C)[Si](C)(C)OC[C@H]1O[C@@H](n2cnc3c(Nc4ccc(-c5ccccc5)cc4[N+](=O)[O-])ncnc32)C[C@@H]1O[Si](C)(C)C(C)(C)C. The van der Waals surface area contributed by atoms with Crippen molar-refractivity contribution in [2.45, 2.75) is 103 Å². The van der Waals surface area contributed by atoms with Gasteiger partial charge in [-0.25, -0.2) is 15.0 Å². The van der Waals surface area contributed by atoms with E-state index in [1.54, 1.807) is 18.5 Å². The zero-order valence-corrected chi connectivity index (χ0v) is 31.2. The van der Waals surface area contributed by atoms with E-state index in [4.69, 9.17) is 13.6 Å². The molecule has 0 spiro atoms. The number of nitrogens with zero attached hydrogens (tertiary/aromatic N) is 5. The summed E-state index contributed by atoms with van der Waals surface area (Å²) in [6, 6.07) is 14.7. The molecule has 0 unspecified atom stereocenters. The van der Waals surface area contributed by atoms with E-state index in [9.17, 15) is 10.1 Å². The fourth-order valence-corrected chi connectivity index (χ4v) is 7.46. The third-order valence-electron chi connectivity index (χ3n) is 10.1. The summed E-state index contributed by atoms with van der Waals surface area (Å²) < 4.78 is 22.2. The Morgan fingerprint density at radius 3 is 2.28 bits per heavy atom. The molecular formula is C34H48N6O5Si2. The van der Waals surface area contributed by atoms with E-state index in [-0.39, 0.29) is 34.2 Å². The van der Waals surface area contributed by atoms with Crippen LogP contribution in [-0.4, -0.2) is 59.9 Å². The first kappa shape index (κ1) is 34.8. The van der Waals surface area contributed by atoms with Gasteiger partial charge in [0.15, 0.2) is 33.6 Å². The highest BCUT2D eigenvalue weighted by atomic mass is 28.4. The number of imidazole rings is 1. The zero-order chi connectivity index (χ0) is 34.4. The highest BCUT2D eigenvalue weighted by molar-refractivity contribution is 6.74. The average Bonchev–Trinajstić information content (AvgIpc) is 3.59. The smallest absolute Gasteiger partial charge is 0.293 e. The lowest BCUT2D eigenvalue weighted by Crippen LogP contribution is -2.48. The number of benzene rings is 2. The molecule has 2 aromatic heterocycles. The van der Waals surface area contributed by atoms with Crippen LogP contribution in [0.25, 0.3) is 22.3 Å². The summed E-state index contributed by atoms with van der Waals surface area (Å²) in [5.41, 5.74) is 2.94. The van der Waals surface area contributed by atoms with Gasteiger partial charge in [0.1, 0.15) is 24.3 Å². The maximum Gasteiger partial charge on any atom is 0.293 e. The number of hydrogen-bond donors (Lipinski definition) is 1. The molecule has 4 aromatic rings. The van der Waals surface area contributed by atoms with Gasteiger partial charge in [-0.15, -0.1) is 0 Å². The predicted molar refractivity (Wildman–Crippen MR) is 191 cm³/mol. The number of aromatic nitrogens is 4. The number of rotatable bonds is 10. The lowest BCUT2D eigenvalue weighted by atomic mass is 10.0. The van der Waals surface area contributed by atoms with E-state index < -0.39 is 21.6 Å². The molecule has 5 rings (SSSR count). The number of nitro benzene ring substituents is 1. The van der Waals surface area contributed by atoms with Crippen molar-refractivity contribution < 1.29 is 18.5 Å². The average molecular weight is 677 g/mol. The Bertz CT molecular complexity index is 1730. The highest BCUT2D eigenvalue weighted by Gasteiger charge is 2.47. The van der Waals surface area contributed by atoms with Crippen molar-refractivity contribution in [1.29, 1.82) is 0 Å². The van der Waals surface area contributed by atoms with Crippen LogP contribution in [0.4, 0.5) is 17.2 Å². The number of fused-ring (bicyclic) bond motifs is 1. The van der Waals surface area contributed by atoms with Gasteiger partial charge in [0.05, 0.1) is 24.0 Å². The third kappa shape index (κ3) is 7.33. The van der Waals surface area contributed by atoms with E-state index in [0.717, 1.165) is 11.1 Å². The van der Waals surface area contributed by atoms with Gasteiger partial charge < -0.3 is 18.9 Å². The largest absolute Gasteiger partial charge is 0.414 e. The number of nitrogens with one attached hydrogen (secondary N) is 1. The maximum atomic E-state index is 12.1. The van der Waals surface area contributed by atoms with Gasteiger partial charge in [0, 0.05) is 12.5 Å². The van der Waals surface area contributed by atoms with Crippen LogP contribution in [0.2, 0.25) is 36.3 Å². The van der Waals surface area contributed by atoms with Crippen molar-refractivity contribution in [3.05, 3.63) is 71.3 Å². The van der Waals surface area contributed by atoms with Crippen LogP contribution in [0.1, 0.15) is 54.2 Å². The monoisotopic (exact) mass is 676 g/mol. The number of anilines is 2. The molecule has 0 radical (unpaired) electrons. The highest BCUT2D eigenvalue weighted by Crippen LogP contribution is 2.43. The van der Waals surface area contributed by atoms with E-state index in [1.165, 1.54) is 6.33 Å². The Morgan fingerprint density at radius 2 is 1.64 bits per heavy atom. The quantitative estimate of drug-likeness (QED) is 0.0996. The summed E-state index contributed by atoms with van der Waals surface area (Å²) in [6.07, 6.45) is 2.94. The van der Waals surface area contributed by atoms with Crippen molar-refractivity contribution in [3.63, 3.8) is 0 Å². The summed E-state index contributed by atoms with van der Waals surface area (Å²) in [6.45, 7) is 22.9. The predicted octanol–water partition coefficient (Wildman–Crippen LogP) is 8.84.